The Labute approximate surface area is 178 Å². The lowest BCUT2D eigenvalue weighted by atomic mass is 10.1. The maximum absolute atomic E-state index is 4.84. The second-order valence-electron chi connectivity index (χ2n) is 8.84. The molecule has 3 aromatic heterocycles. The normalized spacial score (nSPS) is 15.5. The van der Waals surface area contributed by atoms with Crippen molar-refractivity contribution in [2.75, 3.05) is 31.1 Å². The molecule has 7 nitrogen and oxygen atoms in total. The molecule has 0 aromatic carbocycles. The van der Waals surface area contributed by atoms with Crippen molar-refractivity contribution in [3.8, 4) is 11.5 Å². The van der Waals surface area contributed by atoms with Crippen molar-refractivity contribution < 1.29 is 0 Å². The van der Waals surface area contributed by atoms with E-state index in [1.54, 1.807) is 6.20 Å². The Morgan fingerprint density at radius 3 is 2.47 bits per heavy atom. The van der Waals surface area contributed by atoms with Crippen LogP contribution in [0.3, 0.4) is 0 Å². The van der Waals surface area contributed by atoms with Crippen LogP contribution in [0, 0.1) is 0 Å². The first-order valence-electron chi connectivity index (χ1n) is 10.7. The average Bonchev–Trinajstić information content (AvgIpc) is 3.24. The van der Waals surface area contributed by atoms with Gasteiger partial charge in [-0.3, -0.25) is 14.6 Å². The lowest BCUT2D eigenvalue weighted by molar-refractivity contribution is 0.249. The van der Waals surface area contributed by atoms with Gasteiger partial charge >= 0.3 is 0 Å². The molecule has 1 aliphatic heterocycles. The summed E-state index contributed by atoms with van der Waals surface area (Å²) in [5.41, 5.74) is 3.17. The first kappa shape index (κ1) is 20.5. The van der Waals surface area contributed by atoms with Gasteiger partial charge < -0.3 is 4.90 Å². The van der Waals surface area contributed by atoms with Crippen LogP contribution >= 0.6 is 0 Å². The van der Waals surface area contributed by atoms with Crippen LogP contribution in [0.5, 0.6) is 0 Å². The van der Waals surface area contributed by atoms with E-state index in [2.05, 4.69) is 64.8 Å². The highest BCUT2D eigenvalue weighted by atomic mass is 15.3. The molecule has 0 amide bonds. The Hall–Kier alpha value is -2.80. The highest BCUT2D eigenvalue weighted by molar-refractivity contribution is 5.54. The van der Waals surface area contributed by atoms with Crippen molar-refractivity contribution in [1.29, 1.82) is 0 Å². The standard InChI is InChI=1S/C23H31N7/c1-5-19-14-21(27-22(26-19)20-8-6-7-9-24-20)29-12-10-28(11-13-29)16-18-15-25-30(17-18)23(2,3)4/h6-9,14-15,17H,5,10-13,16H2,1-4H3. The fourth-order valence-electron chi connectivity index (χ4n) is 3.64. The molecule has 1 saturated heterocycles. The molecule has 4 rings (SSSR count). The fraction of sp³-hybridized carbons (Fsp3) is 0.478. The van der Waals surface area contributed by atoms with Gasteiger partial charge in [-0.05, 0) is 39.3 Å². The van der Waals surface area contributed by atoms with Crippen molar-refractivity contribution in [2.45, 2.75) is 46.2 Å². The van der Waals surface area contributed by atoms with Crippen molar-refractivity contribution in [3.63, 3.8) is 0 Å². The van der Waals surface area contributed by atoms with E-state index < -0.39 is 0 Å². The second kappa shape index (κ2) is 8.52. The summed E-state index contributed by atoms with van der Waals surface area (Å²) in [7, 11) is 0. The van der Waals surface area contributed by atoms with Crippen LogP contribution in [0.2, 0.25) is 0 Å². The third-order valence-electron chi connectivity index (χ3n) is 5.45. The van der Waals surface area contributed by atoms with E-state index in [0.717, 1.165) is 56.4 Å². The summed E-state index contributed by atoms with van der Waals surface area (Å²) >= 11 is 0. The van der Waals surface area contributed by atoms with Crippen LogP contribution in [0.15, 0.2) is 42.9 Å². The number of piperazine rings is 1. The number of anilines is 1. The number of hydrogen-bond donors (Lipinski definition) is 0. The summed E-state index contributed by atoms with van der Waals surface area (Å²) < 4.78 is 2.05. The van der Waals surface area contributed by atoms with Crippen molar-refractivity contribution >= 4 is 5.82 Å². The van der Waals surface area contributed by atoms with E-state index in [1.165, 1.54) is 5.56 Å². The van der Waals surface area contributed by atoms with Gasteiger partial charge in [0.25, 0.3) is 0 Å². The average molecular weight is 406 g/mol. The van der Waals surface area contributed by atoms with E-state index in [-0.39, 0.29) is 5.54 Å². The minimum Gasteiger partial charge on any atom is -0.354 e. The Balaban J connectivity index is 1.43. The summed E-state index contributed by atoms with van der Waals surface area (Å²) in [4.78, 5) is 18.8. The summed E-state index contributed by atoms with van der Waals surface area (Å²) in [6.45, 7) is 13.5. The summed E-state index contributed by atoms with van der Waals surface area (Å²) in [5.74, 6) is 1.71. The maximum Gasteiger partial charge on any atom is 0.180 e. The van der Waals surface area contributed by atoms with E-state index in [9.17, 15) is 0 Å². The molecule has 0 saturated carbocycles. The molecule has 0 radical (unpaired) electrons. The number of aryl methyl sites for hydroxylation is 1. The predicted molar refractivity (Wildman–Crippen MR) is 119 cm³/mol. The molecule has 4 heterocycles. The van der Waals surface area contributed by atoms with Crippen molar-refractivity contribution in [2.24, 2.45) is 0 Å². The zero-order valence-corrected chi connectivity index (χ0v) is 18.4. The monoisotopic (exact) mass is 405 g/mol. The molecule has 1 fully saturated rings. The lowest BCUT2D eigenvalue weighted by Gasteiger charge is -2.35. The van der Waals surface area contributed by atoms with Gasteiger partial charge in [0.1, 0.15) is 11.5 Å². The quantitative estimate of drug-likeness (QED) is 0.649. The fourth-order valence-corrected chi connectivity index (χ4v) is 3.64. The minimum atomic E-state index is 0.0201. The zero-order valence-electron chi connectivity index (χ0n) is 18.4. The van der Waals surface area contributed by atoms with Crippen LogP contribution in [-0.4, -0.2) is 55.8 Å². The van der Waals surface area contributed by atoms with Crippen molar-refractivity contribution in [3.05, 3.63) is 54.1 Å². The molecule has 0 unspecified atom stereocenters. The third kappa shape index (κ3) is 4.67. The molecule has 7 heteroatoms. The second-order valence-corrected chi connectivity index (χ2v) is 8.84. The SMILES string of the molecule is CCc1cc(N2CCN(Cc3cnn(C(C)(C)C)c3)CC2)nc(-c2ccccn2)n1. The molecule has 0 aliphatic carbocycles. The number of pyridine rings is 1. The van der Waals surface area contributed by atoms with Crippen LogP contribution in [0.25, 0.3) is 11.5 Å². The van der Waals surface area contributed by atoms with Crippen LogP contribution in [0.4, 0.5) is 5.82 Å². The van der Waals surface area contributed by atoms with E-state index in [1.807, 2.05) is 29.1 Å². The van der Waals surface area contributed by atoms with Gasteiger partial charge in [-0.1, -0.05) is 13.0 Å². The summed E-state index contributed by atoms with van der Waals surface area (Å²) in [6.07, 6.45) is 6.84. The third-order valence-corrected chi connectivity index (χ3v) is 5.45. The number of hydrogen-bond acceptors (Lipinski definition) is 6. The van der Waals surface area contributed by atoms with Gasteiger partial charge in [0.2, 0.25) is 0 Å². The topological polar surface area (TPSA) is 63.0 Å². The van der Waals surface area contributed by atoms with Crippen LogP contribution in [-0.2, 0) is 18.5 Å². The first-order chi connectivity index (χ1) is 14.4. The molecular weight excluding hydrogens is 374 g/mol. The van der Waals surface area contributed by atoms with Crippen LogP contribution in [0.1, 0.15) is 39.0 Å². The van der Waals surface area contributed by atoms with Gasteiger partial charge in [0, 0.05) is 62.4 Å². The van der Waals surface area contributed by atoms with E-state index in [4.69, 9.17) is 4.98 Å². The summed E-state index contributed by atoms with van der Waals surface area (Å²) in [5, 5.41) is 4.53. The Bertz CT molecular complexity index is 967. The van der Waals surface area contributed by atoms with E-state index >= 15 is 0 Å². The molecule has 0 atom stereocenters. The molecule has 30 heavy (non-hydrogen) atoms. The first-order valence-corrected chi connectivity index (χ1v) is 10.7. The van der Waals surface area contributed by atoms with Gasteiger partial charge in [-0.15, -0.1) is 0 Å². The van der Waals surface area contributed by atoms with Gasteiger partial charge in [0.05, 0.1) is 11.7 Å². The highest BCUT2D eigenvalue weighted by Crippen LogP contribution is 2.21. The molecule has 158 valence electrons. The zero-order chi connectivity index (χ0) is 21.1. The van der Waals surface area contributed by atoms with E-state index in [0.29, 0.717) is 5.82 Å². The molecule has 3 aromatic rings. The number of aromatic nitrogens is 5. The predicted octanol–water partition coefficient (Wildman–Crippen LogP) is 3.37. The van der Waals surface area contributed by atoms with Gasteiger partial charge in [0.15, 0.2) is 5.82 Å². The molecule has 1 aliphatic rings. The molecule has 0 N–H and O–H groups in total. The number of nitrogens with zero attached hydrogens (tertiary/aromatic N) is 7. The largest absolute Gasteiger partial charge is 0.354 e. The van der Waals surface area contributed by atoms with Gasteiger partial charge in [-0.2, -0.15) is 5.10 Å². The van der Waals surface area contributed by atoms with Crippen LogP contribution < -0.4 is 4.90 Å². The smallest absolute Gasteiger partial charge is 0.180 e. The highest BCUT2D eigenvalue weighted by Gasteiger charge is 2.21. The minimum absolute atomic E-state index is 0.0201. The molecule has 0 spiro atoms. The van der Waals surface area contributed by atoms with Crippen molar-refractivity contribution in [1.82, 2.24) is 29.6 Å². The Morgan fingerprint density at radius 1 is 1.03 bits per heavy atom. The van der Waals surface area contributed by atoms with Gasteiger partial charge in [-0.25, -0.2) is 9.97 Å². The Morgan fingerprint density at radius 2 is 1.83 bits per heavy atom. The lowest BCUT2D eigenvalue weighted by Crippen LogP contribution is -2.46. The maximum atomic E-state index is 4.84. The number of rotatable bonds is 5. The Kier molecular flexibility index (Phi) is 5.81. The summed E-state index contributed by atoms with van der Waals surface area (Å²) in [6, 6.07) is 7.98. The molecule has 0 bridgehead atoms. The molecular formula is C23H31N7.